The zero-order chi connectivity index (χ0) is 10.8. The summed E-state index contributed by atoms with van der Waals surface area (Å²) in [5.74, 6) is 0. The van der Waals surface area contributed by atoms with E-state index in [1.165, 1.54) is 11.3 Å². The Morgan fingerprint density at radius 1 is 1.27 bits per heavy atom. The van der Waals surface area contributed by atoms with E-state index >= 15 is 0 Å². The molecular formula is C8H4Br2ClN3S. The molecule has 1 aromatic heterocycles. The molecule has 0 amide bonds. The summed E-state index contributed by atoms with van der Waals surface area (Å²) in [4.78, 5) is 0. The first-order chi connectivity index (χ1) is 7.15. The van der Waals surface area contributed by atoms with Gasteiger partial charge in [0, 0.05) is 10.2 Å². The second kappa shape index (κ2) is 4.78. The summed E-state index contributed by atoms with van der Waals surface area (Å²) in [5.41, 5.74) is 0.912. The Morgan fingerprint density at radius 3 is 2.67 bits per heavy atom. The van der Waals surface area contributed by atoms with Crippen LogP contribution in [0.3, 0.4) is 0 Å². The summed E-state index contributed by atoms with van der Waals surface area (Å²) in [5, 5.41) is 12.3. The van der Waals surface area contributed by atoms with Gasteiger partial charge in [-0.15, -0.1) is 10.2 Å². The van der Waals surface area contributed by atoms with Crippen LogP contribution >= 0.6 is 54.8 Å². The predicted octanol–water partition coefficient (Wildman–Crippen LogP) is 4.46. The topological polar surface area (TPSA) is 37.8 Å². The lowest BCUT2D eigenvalue weighted by atomic mass is 10.3. The average molecular weight is 369 g/mol. The molecule has 1 aromatic carbocycles. The van der Waals surface area contributed by atoms with Crippen molar-refractivity contribution in [1.82, 2.24) is 10.2 Å². The lowest BCUT2D eigenvalue weighted by molar-refractivity contribution is 1.07. The molecule has 15 heavy (non-hydrogen) atoms. The summed E-state index contributed by atoms with van der Waals surface area (Å²) < 4.78 is 1.59. The minimum Gasteiger partial charge on any atom is -0.330 e. The highest BCUT2D eigenvalue weighted by Gasteiger charge is 2.03. The number of aromatic nitrogens is 2. The third kappa shape index (κ3) is 2.90. The third-order valence-corrected chi connectivity index (χ3v) is 4.06. The standard InChI is InChI=1S/C8H4Br2ClN3S/c9-5-3-4(1-2-6(5)11)12-8-14-13-7(10)15-8/h1-3H,(H,12,14). The molecule has 0 spiro atoms. The number of hydrogen-bond acceptors (Lipinski definition) is 4. The Bertz CT molecular complexity index is 488. The Morgan fingerprint density at radius 2 is 2.07 bits per heavy atom. The van der Waals surface area contributed by atoms with Crippen LogP contribution in [0, 0.1) is 0 Å². The van der Waals surface area contributed by atoms with Crippen LogP contribution in [0.5, 0.6) is 0 Å². The van der Waals surface area contributed by atoms with E-state index in [0.717, 1.165) is 19.2 Å². The van der Waals surface area contributed by atoms with E-state index in [0.29, 0.717) is 5.02 Å². The van der Waals surface area contributed by atoms with Crippen LogP contribution in [0.1, 0.15) is 0 Å². The molecule has 0 aliphatic heterocycles. The van der Waals surface area contributed by atoms with Crippen LogP contribution < -0.4 is 5.32 Å². The van der Waals surface area contributed by atoms with E-state index in [-0.39, 0.29) is 0 Å². The molecule has 0 saturated carbocycles. The Labute approximate surface area is 112 Å². The van der Waals surface area contributed by atoms with E-state index in [1.54, 1.807) is 0 Å². The van der Waals surface area contributed by atoms with Crippen molar-refractivity contribution in [2.75, 3.05) is 5.32 Å². The molecule has 3 nitrogen and oxygen atoms in total. The van der Waals surface area contributed by atoms with Crippen molar-refractivity contribution in [2.24, 2.45) is 0 Å². The molecule has 0 unspecified atom stereocenters. The van der Waals surface area contributed by atoms with Crippen molar-refractivity contribution in [3.05, 3.63) is 31.6 Å². The van der Waals surface area contributed by atoms with Gasteiger partial charge in [0.15, 0.2) is 3.92 Å². The normalized spacial score (nSPS) is 10.3. The van der Waals surface area contributed by atoms with Gasteiger partial charge in [-0.1, -0.05) is 22.9 Å². The van der Waals surface area contributed by atoms with Crippen LogP contribution in [0.15, 0.2) is 26.6 Å². The fraction of sp³-hybridized carbons (Fsp3) is 0. The summed E-state index contributed by atoms with van der Waals surface area (Å²) in [7, 11) is 0. The highest BCUT2D eigenvalue weighted by Crippen LogP contribution is 2.29. The minimum absolute atomic E-state index is 0.680. The van der Waals surface area contributed by atoms with Gasteiger partial charge >= 0.3 is 0 Å². The molecule has 0 bridgehead atoms. The second-order valence-corrected chi connectivity index (χ2v) is 6.13. The van der Waals surface area contributed by atoms with Crippen molar-refractivity contribution in [1.29, 1.82) is 0 Å². The van der Waals surface area contributed by atoms with Crippen molar-refractivity contribution in [2.45, 2.75) is 0 Å². The first-order valence-corrected chi connectivity index (χ1v) is 6.64. The van der Waals surface area contributed by atoms with Crippen molar-refractivity contribution in [3.63, 3.8) is 0 Å². The Balaban J connectivity index is 2.21. The lowest BCUT2D eigenvalue weighted by Crippen LogP contribution is -1.89. The van der Waals surface area contributed by atoms with E-state index < -0.39 is 0 Å². The van der Waals surface area contributed by atoms with E-state index in [2.05, 4.69) is 47.4 Å². The van der Waals surface area contributed by atoms with Gasteiger partial charge in [-0.05, 0) is 50.1 Å². The SMILES string of the molecule is Clc1ccc(Nc2nnc(Br)s2)cc1Br. The van der Waals surface area contributed by atoms with Crippen LogP contribution in [0.2, 0.25) is 5.02 Å². The third-order valence-electron chi connectivity index (χ3n) is 1.57. The van der Waals surface area contributed by atoms with Gasteiger partial charge in [-0.3, -0.25) is 0 Å². The molecule has 1 N–H and O–H groups in total. The maximum Gasteiger partial charge on any atom is 0.210 e. The lowest BCUT2D eigenvalue weighted by Gasteiger charge is -2.02. The number of nitrogens with zero attached hydrogens (tertiary/aromatic N) is 2. The first kappa shape index (κ1) is 11.3. The molecule has 0 atom stereocenters. The smallest absolute Gasteiger partial charge is 0.210 e. The number of rotatable bonds is 2. The summed E-state index contributed by atoms with van der Waals surface area (Å²) in [6, 6.07) is 5.57. The molecule has 78 valence electrons. The number of nitrogens with one attached hydrogen (secondary N) is 1. The molecule has 0 radical (unpaired) electrons. The number of anilines is 2. The second-order valence-electron chi connectivity index (χ2n) is 2.61. The van der Waals surface area contributed by atoms with Gasteiger partial charge in [0.25, 0.3) is 0 Å². The first-order valence-electron chi connectivity index (χ1n) is 3.86. The number of benzene rings is 1. The van der Waals surface area contributed by atoms with Crippen molar-refractivity contribution < 1.29 is 0 Å². The van der Waals surface area contributed by atoms with E-state index in [9.17, 15) is 0 Å². The van der Waals surface area contributed by atoms with Gasteiger partial charge in [-0.25, -0.2) is 0 Å². The molecular weight excluding hydrogens is 365 g/mol. The minimum atomic E-state index is 0.680. The van der Waals surface area contributed by atoms with Crippen LogP contribution in [0.25, 0.3) is 0 Å². The average Bonchev–Trinajstić information content (AvgIpc) is 2.58. The predicted molar refractivity (Wildman–Crippen MR) is 70.0 cm³/mol. The maximum atomic E-state index is 5.88. The number of hydrogen-bond donors (Lipinski definition) is 1. The van der Waals surface area contributed by atoms with Crippen LogP contribution in [0.4, 0.5) is 10.8 Å². The highest BCUT2D eigenvalue weighted by atomic mass is 79.9. The van der Waals surface area contributed by atoms with Gasteiger partial charge in [0.2, 0.25) is 5.13 Å². The fourth-order valence-electron chi connectivity index (χ4n) is 0.953. The van der Waals surface area contributed by atoms with E-state index in [1.807, 2.05) is 18.2 Å². The maximum absolute atomic E-state index is 5.88. The number of halogens is 3. The summed E-state index contributed by atoms with van der Waals surface area (Å²) in [6.45, 7) is 0. The summed E-state index contributed by atoms with van der Waals surface area (Å²) in [6.07, 6.45) is 0. The Kier molecular flexibility index (Phi) is 3.60. The van der Waals surface area contributed by atoms with Gasteiger partial charge in [0.05, 0.1) is 5.02 Å². The molecule has 0 saturated heterocycles. The molecule has 0 aliphatic carbocycles. The highest BCUT2D eigenvalue weighted by molar-refractivity contribution is 9.11. The van der Waals surface area contributed by atoms with Gasteiger partial charge < -0.3 is 5.32 Å². The molecule has 0 aliphatic rings. The molecule has 7 heteroatoms. The molecule has 2 aromatic rings. The molecule has 2 rings (SSSR count). The molecule has 0 fully saturated rings. The molecule has 1 heterocycles. The largest absolute Gasteiger partial charge is 0.330 e. The van der Waals surface area contributed by atoms with E-state index in [4.69, 9.17) is 11.6 Å². The van der Waals surface area contributed by atoms with Crippen LogP contribution in [-0.2, 0) is 0 Å². The fourth-order valence-corrected chi connectivity index (χ4v) is 2.48. The summed E-state index contributed by atoms with van der Waals surface area (Å²) >= 11 is 13.9. The van der Waals surface area contributed by atoms with Crippen LogP contribution in [-0.4, -0.2) is 10.2 Å². The van der Waals surface area contributed by atoms with Gasteiger partial charge in [-0.2, -0.15) is 0 Å². The monoisotopic (exact) mass is 367 g/mol. The zero-order valence-corrected chi connectivity index (χ0v) is 11.9. The van der Waals surface area contributed by atoms with Crippen molar-refractivity contribution in [3.8, 4) is 0 Å². The Hall–Kier alpha value is -0.170. The van der Waals surface area contributed by atoms with Gasteiger partial charge in [0.1, 0.15) is 0 Å². The van der Waals surface area contributed by atoms with Crippen molar-refractivity contribution >= 4 is 65.6 Å². The zero-order valence-electron chi connectivity index (χ0n) is 7.17. The quantitative estimate of drug-likeness (QED) is 0.849.